The van der Waals surface area contributed by atoms with Crippen LogP contribution in [0.15, 0.2) is 41.2 Å². The van der Waals surface area contributed by atoms with Crippen LogP contribution in [0.1, 0.15) is 25.0 Å². The molecule has 1 atom stereocenters. The molecule has 0 saturated carbocycles. The van der Waals surface area contributed by atoms with Crippen LogP contribution in [-0.4, -0.2) is 37.6 Å². The molecule has 0 fully saturated rings. The Labute approximate surface area is 148 Å². The maximum Gasteiger partial charge on any atom is 0.262 e. The first kappa shape index (κ1) is 18.9. The lowest BCUT2D eigenvalue weighted by Gasteiger charge is -2.20. The maximum absolute atomic E-state index is 12.0. The lowest BCUT2D eigenvalue weighted by molar-refractivity contribution is -0.135. The number of amides is 1. The van der Waals surface area contributed by atoms with Crippen molar-refractivity contribution < 1.29 is 18.7 Å². The van der Waals surface area contributed by atoms with Crippen LogP contribution < -0.4 is 14.8 Å². The predicted octanol–water partition coefficient (Wildman–Crippen LogP) is 2.82. The first-order valence-corrected chi connectivity index (χ1v) is 8.36. The van der Waals surface area contributed by atoms with Gasteiger partial charge in [0.15, 0.2) is 17.6 Å². The number of carbonyl (C=O) groups is 1. The van der Waals surface area contributed by atoms with Crippen LogP contribution in [0.2, 0.25) is 0 Å². The molecule has 0 aliphatic carbocycles. The molecule has 6 nitrogen and oxygen atoms in total. The zero-order valence-corrected chi connectivity index (χ0v) is 15.2. The molecule has 2 aromatic rings. The summed E-state index contributed by atoms with van der Waals surface area (Å²) in [6.45, 7) is 5.60. The summed E-state index contributed by atoms with van der Waals surface area (Å²) in [6, 6.07) is 7.68. The Kier molecular flexibility index (Phi) is 6.89. The fourth-order valence-electron chi connectivity index (χ4n) is 2.38. The van der Waals surface area contributed by atoms with Gasteiger partial charge in [-0.1, -0.05) is 6.07 Å². The van der Waals surface area contributed by atoms with Crippen molar-refractivity contribution in [1.29, 1.82) is 0 Å². The molecule has 0 radical (unpaired) electrons. The molecular weight excluding hydrogens is 320 g/mol. The highest BCUT2D eigenvalue weighted by Crippen LogP contribution is 2.29. The number of nitrogens with one attached hydrogen (secondary N) is 1. The number of rotatable bonds is 9. The Morgan fingerprint density at radius 3 is 2.60 bits per heavy atom. The van der Waals surface area contributed by atoms with Crippen LogP contribution in [0.3, 0.4) is 0 Å². The van der Waals surface area contributed by atoms with Crippen molar-refractivity contribution >= 4 is 5.91 Å². The van der Waals surface area contributed by atoms with Gasteiger partial charge in [-0.15, -0.1) is 0 Å². The Bertz CT molecular complexity index is 668. The fourth-order valence-corrected chi connectivity index (χ4v) is 2.38. The van der Waals surface area contributed by atoms with E-state index >= 15 is 0 Å². The molecule has 0 spiro atoms. The van der Waals surface area contributed by atoms with E-state index in [4.69, 9.17) is 13.9 Å². The summed E-state index contributed by atoms with van der Waals surface area (Å²) in [7, 11) is 3.42. The molecule has 0 saturated heterocycles. The molecule has 1 N–H and O–H groups in total. The third-order valence-electron chi connectivity index (χ3n) is 3.64. The van der Waals surface area contributed by atoms with Crippen molar-refractivity contribution in [2.75, 3.05) is 20.7 Å². The van der Waals surface area contributed by atoms with Gasteiger partial charge in [0.2, 0.25) is 0 Å². The summed E-state index contributed by atoms with van der Waals surface area (Å²) in [6.07, 6.45) is 2.81. The molecule has 2 rings (SSSR count). The Balaban J connectivity index is 2.01. The average Bonchev–Trinajstić information content (AvgIpc) is 3.09. The first-order chi connectivity index (χ1) is 12.0. The van der Waals surface area contributed by atoms with Crippen LogP contribution in [0, 0.1) is 0 Å². The van der Waals surface area contributed by atoms with Crippen LogP contribution in [0.4, 0.5) is 0 Å². The summed E-state index contributed by atoms with van der Waals surface area (Å²) < 4.78 is 16.5. The molecular formula is C19H26N2O4. The van der Waals surface area contributed by atoms with E-state index in [0.717, 1.165) is 17.7 Å². The molecule has 1 amide bonds. The number of benzene rings is 1. The van der Waals surface area contributed by atoms with Crippen LogP contribution >= 0.6 is 0 Å². The van der Waals surface area contributed by atoms with Crippen molar-refractivity contribution in [3.8, 4) is 11.5 Å². The van der Waals surface area contributed by atoms with E-state index in [0.29, 0.717) is 24.7 Å². The van der Waals surface area contributed by atoms with Crippen molar-refractivity contribution in [2.45, 2.75) is 33.0 Å². The van der Waals surface area contributed by atoms with Crippen molar-refractivity contribution in [3.05, 3.63) is 47.9 Å². The van der Waals surface area contributed by atoms with Gasteiger partial charge in [0.25, 0.3) is 5.91 Å². The minimum atomic E-state index is -0.570. The van der Waals surface area contributed by atoms with Crippen LogP contribution in [0.5, 0.6) is 11.5 Å². The van der Waals surface area contributed by atoms with Crippen molar-refractivity contribution in [1.82, 2.24) is 10.2 Å². The number of hydrogen-bond acceptors (Lipinski definition) is 5. The molecule has 0 aliphatic heterocycles. The first-order valence-electron chi connectivity index (χ1n) is 8.36. The monoisotopic (exact) mass is 346 g/mol. The molecule has 0 unspecified atom stereocenters. The van der Waals surface area contributed by atoms with Gasteiger partial charge in [-0.2, -0.15) is 0 Å². The molecule has 136 valence electrons. The highest BCUT2D eigenvalue weighted by molar-refractivity contribution is 5.80. The van der Waals surface area contributed by atoms with E-state index in [9.17, 15) is 4.79 Å². The molecule has 1 aromatic heterocycles. The topological polar surface area (TPSA) is 63.9 Å². The molecule has 6 heteroatoms. The van der Waals surface area contributed by atoms with Gasteiger partial charge in [-0.25, -0.2) is 0 Å². The van der Waals surface area contributed by atoms with Gasteiger partial charge < -0.3 is 24.1 Å². The van der Waals surface area contributed by atoms with E-state index in [1.165, 1.54) is 4.90 Å². The van der Waals surface area contributed by atoms with Crippen LogP contribution in [-0.2, 0) is 17.9 Å². The van der Waals surface area contributed by atoms with Crippen molar-refractivity contribution in [2.24, 2.45) is 0 Å². The van der Waals surface area contributed by atoms with E-state index in [1.54, 1.807) is 33.5 Å². The van der Waals surface area contributed by atoms with Crippen molar-refractivity contribution in [3.63, 3.8) is 0 Å². The summed E-state index contributed by atoms with van der Waals surface area (Å²) in [5.41, 5.74) is 2.17. The second kappa shape index (κ2) is 9.13. The number of likely N-dealkylation sites (N-methyl/N-ethyl adjacent to an activating group) is 1. The minimum Gasteiger partial charge on any atom is -0.490 e. The predicted molar refractivity (Wildman–Crippen MR) is 95.6 cm³/mol. The lowest BCUT2D eigenvalue weighted by atomic mass is 10.2. The maximum atomic E-state index is 12.0. The lowest BCUT2D eigenvalue weighted by Crippen LogP contribution is -2.35. The highest BCUT2D eigenvalue weighted by Gasteiger charge is 2.18. The summed E-state index contributed by atoms with van der Waals surface area (Å²) >= 11 is 0. The van der Waals surface area contributed by atoms with Gasteiger partial charge in [0.1, 0.15) is 0 Å². The SMILES string of the molecule is CCOc1cc(CNCc2ccoc2)ccc1O[C@H](C)C(=O)N(C)C. The van der Waals surface area contributed by atoms with Gasteiger partial charge in [0, 0.05) is 32.7 Å². The molecule has 0 bridgehead atoms. The highest BCUT2D eigenvalue weighted by atomic mass is 16.5. The second-order valence-corrected chi connectivity index (χ2v) is 5.94. The van der Waals surface area contributed by atoms with Gasteiger partial charge in [-0.3, -0.25) is 4.79 Å². The third kappa shape index (κ3) is 5.53. The Morgan fingerprint density at radius 1 is 1.20 bits per heavy atom. The molecule has 25 heavy (non-hydrogen) atoms. The number of nitrogens with zero attached hydrogens (tertiary/aromatic N) is 1. The van der Waals surface area contributed by atoms with E-state index in [2.05, 4.69) is 5.32 Å². The number of ether oxygens (including phenoxy) is 2. The fraction of sp³-hybridized carbons (Fsp3) is 0.421. The number of furan rings is 1. The summed E-state index contributed by atoms with van der Waals surface area (Å²) in [4.78, 5) is 13.5. The summed E-state index contributed by atoms with van der Waals surface area (Å²) in [5, 5.41) is 3.35. The minimum absolute atomic E-state index is 0.0895. The standard InChI is InChI=1S/C19H26N2O4/c1-5-24-18-10-15(11-20-12-16-8-9-23-13-16)6-7-17(18)25-14(2)19(22)21(3)4/h6-10,13-14,20H,5,11-12H2,1-4H3/t14-/m1/s1. The van der Waals surface area contributed by atoms with E-state index in [-0.39, 0.29) is 5.91 Å². The zero-order chi connectivity index (χ0) is 18.2. The van der Waals surface area contributed by atoms with Gasteiger partial charge in [-0.05, 0) is 37.6 Å². The van der Waals surface area contributed by atoms with Crippen LogP contribution in [0.25, 0.3) is 0 Å². The summed E-state index contributed by atoms with van der Waals surface area (Å²) in [5.74, 6) is 1.12. The smallest absolute Gasteiger partial charge is 0.262 e. The van der Waals surface area contributed by atoms with E-state index < -0.39 is 6.10 Å². The second-order valence-electron chi connectivity index (χ2n) is 5.94. The molecule has 0 aliphatic rings. The largest absolute Gasteiger partial charge is 0.490 e. The third-order valence-corrected chi connectivity index (χ3v) is 3.64. The Morgan fingerprint density at radius 2 is 1.96 bits per heavy atom. The molecule has 1 heterocycles. The quantitative estimate of drug-likeness (QED) is 0.756. The van der Waals surface area contributed by atoms with Gasteiger partial charge in [0.05, 0.1) is 19.1 Å². The molecule has 1 aromatic carbocycles. The van der Waals surface area contributed by atoms with E-state index in [1.807, 2.05) is 31.2 Å². The van der Waals surface area contributed by atoms with Gasteiger partial charge >= 0.3 is 0 Å². The Hall–Kier alpha value is -2.47. The normalized spacial score (nSPS) is 11.8. The zero-order valence-electron chi connectivity index (χ0n) is 15.2. The number of hydrogen-bond donors (Lipinski definition) is 1. The number of carbonyl (C=O) groups excluding carboxylic acids is 1. The average molecular weight is 346 g/mol.